The van der Waals surface area contributed by atoms with Crippen molar-refractivity contribution in [2.24, 2.45) is 0 Å². The number of amides is 1. The first-order chi connectivity index (χ1) is 12.9. The highest BCUT2D eigenvalue weighted by molar-refractivity contribution is 7.99. The summed E-state index contributed by atoms with van der Waals surface area (Å²) in [6.45, 7) is 1.81. The molecule has 27 heavy (non-hydrogen) atoms. The number of aromatic nitrogens is 2. The summed E-state index contributed by atoms with van der Waals surface area (Å²) in [4.78, 5) is 20.8. The molecule has 1 amide bonds. The molecule has 0 fully saturated rings. The van der Waals surface area contributed by atoms with E-state index in [2.05, 4.69) is 15.3 Å². The molecule has 0 saturated carbocycles. The number of halogens is 3. The van der Waals surface area contributed by atoms with Crippen molar-refractivity contribution >= 4 is 35.0 Å². The van der Waals surface area contributed by atoms with Crippen LogP contribution in [0.1, 0.15) is 5.69 Å². The number of nitrogens with zero attached hydrogens (tertiary/aromatic N) is 2. The van der Waals surface area contributed by atoms with Gasteiger partial charge in [-0.1, -0.05) is 23.4 Å². The Kier molecular flexibility index (Phi) is 6.03. The molecule has 8 heteroatoms. The lowest BCUT2D eigenvalue weighted by molar-refractivity contribution is -0.113. The molecular formula is C19H14ClF2N3OS. The first-order valence-corrected chi connectivity index (χ1v) is 9.26. The van der Waals surface area contributed by atoms with E-state index in [1.165, 1.54) is 36.0 Å². The monoisotopic (exact) mass is 405 g/mol. The average Bonchev–Trinajstić information content (AvgIpc) is 2.62. The minimum absolute atomic E-state index is 0.0430. The zero-order valence-corrected chi connectivity index (χ0v) is 15.7. The molecule has 0 bridgehead atoms. The van der Waals surface area contributed by atoms with E-state index in [4.69, 9.17) is 11.6 Å². The number of thioether (sulfide) groups is 1. The van der Waals surface area contributed by atoms with Gasteiger partial charge in [-0.3, -0.25) is 4.79 Å². The Labute approximate surface area is 164 Å². The molecule has 4 nitrogen and oxygen atoms in total. The van der Waals surface area contributed by atoms with Crippen molar-refractivity contribution in [2.45, 2.75) is 11.9 Å². The van der Waals surface area contributed by atoms with E-state index in [-0.39, 0.29) is 28.2 Å². The Morgan fingerprint density at radius 2 is 1.85 bits per heavy atom. The van der Waals surface area contributed by atoms with Crippen LogP contribution in [0.2, 0.25) is 5.02 Å². The largest absolute Gasteiger partial charge is 0.323 e. The molecule has 0 saturated heterocycles. The number of carbonyl (C=O) groups excluding carboxylic acids is 1. The predicted molar refractivity (Wildman–Crippen MR) is 103 cm³/mol. The normalized spacial score (nSPS) is 10.7. The van der Waals surface area contributed by atoms with Gasteiger partial charge in [-0.05, 0) is 55.5 Å². The Hall–Kier alpha value is -2.51. The van der Waals surface area contributed by atoms with E-state index >= 15 is 0 Å². The third kappa shape index (κ3) is 5.24. The van der Waals surface area contributed by atoms with E-state index < -0.39 is 5.82 Å². The molecule has 1 N–H and O–H groups in total. The lowest BCUT2D eigenvalue weighted by atomic mass is 10.2. The summed E-state index contributed by atoms with van der Waals surface area (Å²) in [7, 11) is 0. The van der Waals surface area contributed by atoms with Crippen LogP contribution in [0.25, 0.3) is 11.4 Å². The highest BCUT2D eigenvalue weighted by Crippen LogP contribution is 2.23. The molecular weight excluding hydrogens is 392 g/mol. The molecule has 0 radical (unpaired) electrons. The second-order valence-corrected chi connectivity index (χ2v) is 7.07. The lowest BCUT2D eigenvalue weighted by Crippen LogP contribution is -2.15. The van der Waals surface area contributed by atoms with E-state index in [9.17, 15) is 13.6 Å². The van der Waals surface area contributed by atoms with Gasteiger partial charge in [-0.25, -0.2) is 18.7 Å². The van der Waals surface area contributed by atoms with Gasteiger partial charge < -0.3 is 5.32 Å². The fourth-order valence-corrected chi connectivity index (χ4v) is 3.17. The summed E-state index contributed by atoms with van der Waals surface area (Å²) in [6, 6.07) is 11.6. The molecule has 138 valence electrons. The Bertz CT molecular complexity index is 983. The zero-order valence-electron chi connectivity index (χ0n) is 14.2. The van der Waals surface area contributed by atoms with E-state index in [0.717, 1.165) is 11.8 Å². The third-order valence-corrected chi connectivity index (χ3v) is 4.64. The van der Waals surface area contributed by atoms with Gasteiger partial charge in [0.2, 0.25) is 5.91 Å². The van der Waals surface area contributed by atoms with E-state index in [0.29, 0.717) is 16.4 Å². The molecule has 0 atom stereocenters. The Morgan fingerprint density at radius 1 is 1.11 bits per heavy atom. The molecule has 0 aliphatic carbocycles. The smallest absolute Gasteiger partial charge is 0.234 e. The number of aryl methyl sites for hydroxylation is 1. The van der Waals surface area contributed by atoms with Crippen LogP contribution in [0.15, 0.2) is 53.6 Å². The van der Waals surface area contributed by atoms with Crippen LogP contribution in [-0.4, -0.2) is 21.6 Å². The van der Waals surface area contributed by atoms with Crippen LogP contribution in [0.3, 0.4) is 0 Å². The quantitative estimate of drug-likeness (QED) is 0.473. The minimum Gasteiger partial charge on any atom is -0.323 e. The number of hydrogen-bond acceptors (Lipinski definition) is 4. The van der Waals surface area contributed by atoms with Gasteiger partial charge in [0.05, 0.1) is 11.4 Å². The molecule has 1 heterocycles. The van der Waals surface area contributed by atoms with Gasteiger partial charge in [0.15, 0.2) is 5.82 Å². The summed E-state index contributed by atoms with van der Waals surface area (Å²) in [5, 5.41) is 3.34. The average molecular weight is 406 g/mol. The Morgan fingerprint density at radius 3 is 2.56 bits per heavy atom. The predicted octanol–water partition coefficient (Wildman–Crippen LogP) is 5.11. The fraction of sp³-hybridized carbons (Fsp3) is 0.105. The number of anilines is 1. The summed E-state index contributed by atoms with van der Waals surface area (Å²) < 4.78 is 26.8. The molecule has 0 unspecified atom stereocenters. The van der Waals surface area contributed by atoms with Crippen molar-refractivity contribution in [3.05, 3.63) is 70.9 Å². The summed E-state index contributed by atoms with van der Waals surface area (Å²) in [6.07, 6.45) is 0. The van der Waals surface area contributed by atoms with Gasteiger partial charge in [0.25, 0.3) is 0 Å². The fourth-order valence-electron chi connectivity index (χ4n) is 2.26. The molecule has 0 spiro atoms. The van der Waals surface area contributed by atoms with Crippen molar-refractivity contribution < 1.29 is 13.6 Å². The summed E-state index contributed by atoms with van der Waals surface area (Å²) >= 11 is 6.89. The van der Waals surface area contributed by atoms with Gasteiger partial charge in [0, 0.05) is 16.3 Å². The Balaban J connectivity index is 1.68. The minimum atomic E-state index is -0.600. The van der Waals surface area contributed by atoms with E-state index in [1.807, 2.05) is 6.92 Å². The topological polar surface area (TPSA) is 54.9 Å². The molecule has 0 aliphatic rings. The zero-order chi connectivity index (χ0) is 19.4. The number of benzene rings is 2. The second kappa shape index (κ2) is 8.45. The van der Waals surface area contributed by atoms with Crippen molar-refractivity contribution in [1.29, 1.82) is 0 Å². The van der Waals surface area contributed by atoms with E-state index in [1.54, 1.807) is 18.2 Å². The van der Waals surface area contributed by atoms with Crippen LogP contribution in [0.4, 0.5) is 14.5 Å². The van der Waals surface area contributed by atoms with Crippen molar-refractivity contribution in [2.75, 3.05) is 11.1 Å². The maximum atomic E-state index is 13.7. The number of carbonyl (C=O) groups is 1. The number of nitrogens with one attached hydrogen (secondary N) is 1. The highest BCUT2D eigenvalue weighted by Gasteiger charge is 2.11. The first kappa shape index (κ1) is 19.3. The van der Waals surface area contributed by atoms with Gasteiger partial charge >= 0.3 is 0 Å². The standard InChI is InChI=1S/C19H14ClF2N3OS/c1-11-8-18(25-19(23-11)12-2-5-14(21)6-3-12)27-10-17(26)24-16-7-4-13(20)9-15(16)22/h2-9H,10H2,1H3,(H,24,26). The van der Waals surface area contributed by atoms with Crippen LogP contribution >= 0.6 is 23.4 Å². The van der Waals surface area contributed by atoms with Crippen molar-refractivity contribution in [3.63, 3.8) is 0 Å². The molecule has 0 aliphatic heterocycles. The first-order valence-electron chi connectivity index (χ1n) is 7.90. The van der Waals surface area contributed by atoms with Crippen LogP contribution in [-0.2, 0) is 4.79 Å². The summed E-state index contributed by atoms with van der Waals surface area (Å²) in [5.74, 6) is -0.826. The second-order valence-electron chi connectivity index (χ2n) is 5.64. The van der Waals surface area contributed by atoms with Crippen molar-refractivity contribution in [3.8, 4) is 11.4 Å². The molecule has 1 aromatic heterocycles. The molecule has 2 aromatic carbocycles. The third-order valence-electron chi connectivity index (χ3n) is 3.49. The van der Waals surface area contributed by atoms with Gasteiger partial charge in [-0.2, -0.15) is 0 Å². The van der Waals surface area contributed by atoms with Crippen LogP contribution in [0.5, 0.6) is 0 Å². The number of rotatable bonds is 5. The molecule has 3 aromatic rings. The molecule has 3 rings (SSSR count). The highest BCUT2D eigenvalue weighted by atomic mass is 35.5. The summed E-state index contributed by atoms with van der Waals surface area (Å²) in [5.41, 5.74) is 1.46. The maximum Gasteiger partial charge on any atom is 0.234 e. The van der Waals surface area contributed by atoms with Crippen LogP contribution in [0, 0.1) is 18.6 Å². The van der Waals surface area contributed by atoms with Crippen LogP contribution < -0.4 is 5.32 Å². The maximum absolute atomic E-state index is 13.7. The SMILES string of the molecule is Cc1cc(SCC(=O)Nc2ccc(Cl)cc2F)nc(-c2ccc(F)cc2)n1. The van der Waals surface area contributed by atoms with Crippen molar-refractivity contribution in [1.82, 2.24) is 9.97 Å². The van der Waals surface area contributed by atoms with Gasteiger partial charge in [-0.15, -0.1) is 0 Å². The van der Waals surface area contributed by atoms with Gasteiger partial charge in [0.1, 0.15) is 16.7 Å². The lowest BCUT2D eigenvalue weighted by Gasteiger charge is -2.08. The number of hydrogen-bond donors (Lipinski definition) is 1.